The number of benzene rings is 1. The second kappa shape index (κ2) is 5.96. The summed E-state index contributed by atoms with van der Waals surface area (Å²) in [6.07, 6.45) is 2.04. The molecule has 2 N–H and O–H groups in total. The topological polar surface area (TPSA) is 104 Å². The summed E-state index contributed by atoms with van der Waals surface area (Å²) in [5, 5.41) is 11.1. The number of nitro groups is 1. The van der Waals surface area contributed by atoms with E-state index in [4.69, 9.17) is 10.5 Å². The van der Waals surface area contributed by atoms with Crippen LogP contribution < -0.4 is 10.5 Å². The number of hydrogen-bond donors (Lipinski definition) is 1. The highest BCUT2D eigenvalue weighted by Gasteiger charge is 2.24. The van der Waals surface area contributed by atoms with Gasteiger partial charge in [-0.1, -0.05) is 19.1 Å². The summed E-state index contributed by atoms with van der Waals surface area (Å²) < 4.78 is 5.59. The van der Waals surface area contributed by atoms with Crippen LogP contribution in [0.3, 0.4) is 0 Å². The monoisotopic (exact) mass is 274 g/mol. The normalized spacial score (nSPS) is 10.2. The highest BCUT2D eigenvalue weighted by atomic mass is 16.6. The Balaban J connectivity index is 2.57. The van der Waals surface area contributed by atoms with Gasteiger partial charge >= 0.3 is 5.69 Å². The summed E-state index contributed by atoms with van der Waals surface area (Å²) in [4.78, 5) is 18.2. The predicted molar refractivity (Wildman–Crippen MR) is 74.3 cm³/mol. The highest BCUT2D eigenvalue weighted by molar-refractivity contribution is 5.79. The van der Waals surface area contributed by atoms with Gasteiger partial charge in [0.05, 0.1) is 11.5 Å². The van der Waals surface area contributed by atoms with Crippen LogP contribution in [0.15, 0.2) is 30.6 Å². The third kappa shape index (κ3) is 2.66. The Kier molecular flexibility index (Phi) is 4.09. The van der Waals surface area contributed by atoms with Crippen molar-refractivity contribution in [3.63, 3.8) is 0 Å². The van der Waals surface area contributed by atoms with E-state index in [0.29, 0.717) is 17.9 Å². The summed E-state index contributed by atoms with van der Waals surface area (Å²) in [6.45, 7) is 2.50. The molecule has 20 heavy (non-hydrogen) atoms. The molecule has 0 spiro atoms. The largest absolute Gasteiger partial charge is 0.493 e. The molecule has 1 aromatic carbocycles. The molecule has 0 aliphatic carbocycles. The van der Waals surface area contributed by atoms with Crippen molar-refractivity contribution < 1.29 is 9.66 Å². The lowest BCUT2D eigenvalue weighted by Crippen LogP contribution is -2.04. The molecule has 0 unspecified atom stereocenters. The molecule has 0 fully saturated rings. The van der Waals surface area contributed by atoms with Crippen molar-refractivity contribution in [2.75, 3.05) is 12.3 Å². The molecule has 0 aliphatic rings. The highest BCUT2D eigenvalue weighted by Crippen LogP contribution is 2.36. The summed E-state index contributed by atoms with van der Waals surface area (Å²) in [7, 11) is 0. The van der Waals surface area contributed by atoms with Crippen LogP contribution in [-0.2, 0) is 0 Å². The van der Waals surface area contributed by atoms with E-state index in [1.54, 1.807) is 24.3 Å². The fraction of sp³-hybridized carbons (Fsp3) is 0.231. The maximum Gasteiger partial charge on any atom is 0.337 e. The molecule has 7 heteroatoms. The molecule has 0 bridgehead atoms. The SMILES string of the molecule is CCCOc1ccccc1-c1ncnc(N)c1[N+](=O)[O-]. The minimum absolute atomic E-state index is 0.161. The molecule has 2 rings (SSSR count). The lowest BCUT2D eigenvalue weighted by molar-refractivity contribution is -0.383. The summed E-state index contributed by atoms with van der Waals surface area (Å²) >= 11 is 0. The third-order valence-corrected chi connectivity index (χ3v) is 2.64. The van der Waals surface area contributed by atoms with Crippen LogP contribution in [0, 0.1) is 10.1 Å². The van der Waals surface area contributed by atoms with Gasteiger partial charge in [0.15, 0.2) is 5.69 Å². The fourth-order valence-corrected chi connectivity index (χ4v) is 1.77. The Morgan fingerprint density at radius 2 is 2.10 bits per heavy atom. The van der Waals surface area contributed by atoms with Gasteiger partial charge in [0.25, 0.3) is 0 Å². The van der Waals surface area contributed by atoms with E-state index >= 15 is 0 Å². The average Bonchev–Trinajstić information content (AvgIpc) is 2.44. The first-order valence-electron chi connectivity index (χ1n) is 6.12. The number of nitrogen functional groups attached to an aromatic ring is 1. The Morgan fingerprint density at radius 3 is 2.80 bits per heavy atom. The molecule has 7 nitrogen and oxygen atoms in total. The molecule has 0 saturated heterocycles. The Hall–Kier alpha value is -2.70. The molecule has 1 aromatic heterocycles. The first kappa shape index (κ1) is 13.7. The molecule has 0 amide bonds. The number of rotatable bonds is 5. The van der Waals surface area contributed by atoms with Crippen LogP contribution in [0.4, 0.5) is 11.5 Å². The zero-order chi connectivity index (χ0) is 14.5. The van der Waals surface area contributed by atoms with E-state index in [9.17, 15) is 10.1 Å². The number of anilines is 1. The van der Waals surface area contributed by atoms with Gasteiger partial charge in [-0.25, -0.2) is 9.97 Å². The Morgan fingerprint density at radius 1 is 1.35 bits per heavy atom. The van der Waals surface area contributed by atoms with Gasteiger partial charge in [-0.2, -0.15) is 0 Å². The van der Waals surface area contributed by atoms with E-state index in [2.05, 4.69) is 9.97 Å². The molecule has 0 atom stereocenters. The van der Waals surface area contributed by atoms with Crippen LogP contribution in [0.5, 0.6) is 5.75 Å². The Labute approximate surface area is 115 Å². The number of hydrogen-bond acceptors (Lipinski definition) is 6. The van der Waals surface area contributed by atoms with Gasteiger partial charge < -0.3 is 10.5 Å². The van der Waals surface area contributed by atoms with Crippen LogP contribution in [0.1, 0.15) is 13.3 Å². The zero-order valence-electron chi connectivity index (χ0n) is 10.9. The average molecular weight is 274 g/mol. The molecule has 104 valence electrons. The lowest BCUT2D eigenvalue weighted by Gasteiger charge is -2.10. The molecular weight excluding hydrogens is 260 g/mol. The fourth-order valence-electron chi connectivity index (χ4n) is 1.77. The molecule has 1 heterocycles. The van der Waals surface area contributed by atoms with Gasteiger partial charge in [0.1, 0.15) is 12.1 Å². The van der Waals surface area contributed by atoms with Gasteiger partial charge in [0, 0.05) is 5.56 Å². The van der Waals surface area contributed by atoms with Crippen molar-refractivity contribution in [1.82, 2.24) is 9.97 Å². The molecule has 0 radical (unpaired) electrons. The smallest absolute Gasteiger partial charge is 0.337 e. The maximum absolute atomic E-state index is 11.1. The minimum atomic E-state index is -0.582. The minimum Gasteiger partial charge on any atom is -0.493 e. The molecular formula is C13H14N4O3. The van der Waals surface area contributed by atoms with Gasteiger partial charge in [-0.05, 0) is 18.6 Å². The quantitative estimate of drug-likeness (QED) is 0.663. The summed E-state index contributed by atoms with van der Waals surface area (Å²) in [5.74, 6) is 0.376. The van der Waals surface area contributed by atoms with Crippen LogP contribution >= 0.6 is 0 Å². The third-order valence-electron chi connectivity index (χ3n) is 2.64. The predicted octanol–water partition coefficient (Wildman–Crippen LogP) is 2.42. The van der Waals surface area contributed by atoms with Crippen LogP contribution in [-0.4, -0.2) is 21.5 Å². The number of para-hydroxylation sites is 1. The van der Waals surface area contributed by atoms with Crippen molar-refractivity contribution in [2.45, 2.75) is 13.3 Å². The van der Waals surface area contributed by atoms with Gasteiger partial charge in [-0.15, -0.1) is 0 Å². The van der Waals surface area contributed by atoms with E-state index in [1.165, 1.54) is 6.33 Å². The van der Waals surface area contributed by atoms with Gasteiger partial charge in [0.2, 0.25) is 5.82 Å². The van der Waals surface area contributed by atoms with Crippen molar-refractivity contribution in [3.05, 3.63) is 40.7 Å². The second-order valence-corrected chi connectivity index (χ2v) is 4.06. The van der Waals surface area contributed by atoms with E-state index < -0.39 is 4.92 Å². The second-order valence-electron chi connectivity index (χ2n) is 4.06. The number of ether oxygens (including phenoxy) is 1. The van der Waals surface area contributed by atoms with Crippen LogP contribution in [0.2, 0.25) is 0 Å². The molecule has 0 aliphatic heterocycles. The summed E-state index contributed by atoms with van der Waals surface area (Å²) in [5.41, 5.74) is 5.96. The number of aromatic nitrogens is 2. The van der Waals surface area contributed by atoms with Crippen molar-refractivity contribution in [1.29, 1.82) is 0 Å². The van der Waals surface area contributed by atoms with E-state index in [-0.39, 0.29) is 17.2 Å². The van der Waals surface area contributed by atoms with Crippen LogP contribution in [0.25, 0.3) is 11.3 Å². The van der Waals surface area contributed by atoms with Crippen molar-refractivity contribution in [3.8, 4) is 17.0 Å². The van der Waals surface area contributed by atoms with E-state index in [0.717, 1.165) is 6.42 Å². The standard InChI is InChI=1S/C13H14N4O3/c1-2-7-20-10-6-4-3-5-9(10)11-12(17(18)19)13(14)16-8-15-11/h3-6,8H,2,7H2,1H3,(H2,14,15,16). The zero-order valence-corrected chi connectivity index (χ0v) is 10.9. The lowest BCUT2D eigenvalue weighted by atomic mass is 10.1. The molecule has 2 aromatic rings. The maximum atomic E-state index is 11.1. The first-order chi connectivity index (χ1) is 9.65. The summed E-state index contributed by atoms with van der Waals surface area (Å²) in [6, 6.07) is 7.01. The van der Waals surface area contributed by atoms with Crippen molar-refractivity contribution in [2.24, 2.45) is 0 Å². The number of nitrogens with zero attached hydrogens (tertiary/aromatic N) is 3. The molecule has 0 saturated carbocycles. The Bertz CT molecular complexity index is 631. The van der Waals surface area contributed by atoms with Gasteiger partial charge in [-0.3, -0.25) is 10.1 Å². The number of nitrogens with two attached hydrogens (primary N) is 1. The van der Waals surface area contributed by atoms with Crippen molar-refractivity contribution >= 4 is 11.5 Å². The first-order valence-corrected chi connectivity index (χ1v) is 6.12. The van der Waals surface area contributed by atoms with E-state index in [1.807, 2.05) is 6.92 Å².